The van der Waals surface area contributed by atoms with E-state index in [-0.39, 0.29) is 16.5 Å². The van der Waals surface area contributed by atoms with Crippen LogP contribution in [0.25, 0.3) is 5.65 Å². The Morgan fingerprint density at radius 2 is 1.96 bits per heavy atom. The third kappa shape index (κ3) is 4.15. The zero-order chi connectivity index (χ0) is 19.5. The molecule has 146 valence electrons. The number of carbonyl (C=O) groups excluding carboxylic acids is 1. The Morgan fingerprint density at radius 1 is 1.14 bits per heavy atom. The van der Waals surface area contributed by atoms with E-state index in [1.807, 2.05) is 35.0 Å². The van der Waals surface area contributed by atoms with E-state index in [4.69, 9.17) is 0 Å². The first-order valence-electron chi connectivity index (χ1n) is 8.94. The molecule has 3 aromatic heterocycles. The molecule has 4 heterocycles. The van der Waals surface area contributed by atoms with Gasteiger partial charge in [-0.15, -0.1) is 0 Å². The molecule has 9 heteroatoms. The first-order valence-corrected chi connectivity index (χ1v) is 9.82. The molecule has 1 amide bonds. The number of fused-ring (bicyclic) bond motifs is 1. The van der Waals surface area contributed by atoms with Crippen LogP contribution in [-0.2, 0) is 6.54 Å². The lowest BCUT2D eigenvalue weighted by atomic mass is 10.2. The number of hydrogen-bond donors (Lipinski definition) is 0. The van der Waals surface area contributed by atoms with Crippen LogP contribution in [-0.4, -0.2) is 62.0 Å². The highest BCUT2D eigenvalue weighted by Gasteiger charge is 2.25. The first-order chi connectivity index (χ1) is 13.6. The number of piperazine rings is 1. The third-order valence-electron chi connectivity index (χ3n) is 4.66. The second-order valence-corrected chi connectivity index (χ2v) is 7.48. The summed E-state index contributed by atoms with van der Waals surface area (Å²) in [6.45, 7) is 3.21. The number of hydrogen-bond acceptors (Lipinski definition) is 5. The van der Waals surface area contributed by atoms with E-state index in [1.54, 1.807) is 17.0 Å². The largest absolute Gasteiger partial charge is 0.336 e. The molecule has 1 aliphatic heterocycles. The topological polar surface area (TPSA) is 53.7 Å². The van der Waals surface area contributed by atoms with Gasteiger partial charge < -0.3 is 9.30 Å². The summed E-state index contributed by atoms with van der Waals surface area (Å²) in [5.41, 5.74) is 2.13. The van der Waals surface area contributed by atoms with Crippen LogP contribution in [0.5, 0.6) is 0 Å². The summed E-state index contributed by atoms with van der Waals surface area (Å²) in [5.74, 6) is -2.85. The minimum absolute atomic E-state index is 0.0784. The van der Waals surface area contributed by atoms with Crippen LogP contribution in [0, 0.1) is 0 Å². The van der Waals surface area contributed by atoms with Crippen LogP contribution in [0.3, 0.4) is 0 Å². The van der Waals surface area contributed by atoms with E-state index < -0.39 is 5.76 Å². The minimum atomic E-state index is -2.61. The average Bonchev–Trinajstić information content (AvgIpc) is 3.10. The van der Waals surface area contributed by atoms with E-state index >= 15 is 0 Å². The van der Waals surface area contributed by atoms with Crippen molar-refractivity contribution in [1.82, 2.24) is 24.2 Å². The van der Waals surface area contributed by atoms with Gasteiger partial charge in [0.2, 0.25) is 0 Å². The van der Waals surface area contributed by atoms with Gasteiger partial charge in [0.15, 0.2) is 0 Å². The standard InChI is InChI=1S/C19H19F2N5OS/c20-19(21)28-17-15(4-3-6-22-17)18(27)25-10-8-24(9-11-25)12-14-13-26-7-2-1-5-16(26)23-14/h1-7,13,19H,8-12H2. The van der Waals surface area contributed by atoms with Crippen molar-refractivity contribution in [3.8, 4) is 0 Å². The molecule has 0 N–H and O–H groups in total. The lowest BCUT2D eigenvalue weighted by Crippen LogP contribution is -2.48. The van der Waals surface area contributed by atoms with Gasteiger partial charge in [0.25, 0.3) is 11.7 Å². The van der Waals surface area contributed by atoms with Crippen LogP contribution in [0.4, 0.5) is 8.78 Å². The lowest BCUT2D eigenvalue weighted by molar-refractivity contribution is 0.0623. The zero-order valence-electron chi connectivity index (χ0n) is 15.0. The molecule has 0 aliphatic carbocycles. The molecule has 0 bridgehead atoms. The van der Waals surface area contributed by atoms with Gasteiger partial charge in [0.05, 0.1) is 11.3 Å². The maximum absolute atomic E-state index is 12.8. The molecule has 4 rings (SSSR count). The minimum Gasteiger partial charge on any atom is -0.336 e. The van der Waals surface area contributed by atoms with E-state index in [9.17, 15) is 13.6 Å². The van der Waals surface area contributed by atoms with Crippen molar-refractivity contribution in [2.75, 3.05) is 26.2 Å². The monoisotopic (exact) mass is 403 g/mol. The fraction of sp³-hybridized carbons (Fsp3) is 0.316. The Bertz CT molecular complexity index is 939. The van der Waals surface area contributed by atoms with Crippen molar-refractivity contribution in [2.24, 2.45) is 0 Å². The fourth-order valence-corrected chi connectivity index (χ4v) is 3.88. The smallest absolute Gasteiger partial charge is 0.290 e. The maximum atomic E-state index is 12.8. The molecule has 0 atom stereocenters. The van der Waals surface area contributed by atoms with E-state index in [1.165, 1.54) is 6.20 Å². The summed E-state index contributed by atoms with van der Waals surface area (Å²) in [4.78, 5) is 25.3. The zero-order valence-corrected chi connectivity index (χ0v) is 15.9. The predicted octanol–water partition coefficient (Wildman–Crippen LogP) is 3.00. The summed E-state index contributed by atoms with van der Waals surface area (Å²) in [6, 6.07) is 9.03. The molecule has 0 unspecified atom stereocenters. The van der Waals surface area contributed by atoms with Crippen molar-refractivity contribution >= 4 is 23.3 Å². The second-order valence-electron chi connectivity index (χ2n) is 6.50. The van der Waals surface area contributed by atoms with Crippen molar-refractivity contribution in [3.63, 3.8) is 0 Å². The normalized spacial score (nSPS) is 15.5. The van der Waals surface area contributed by atoms with Crippen LogP contribution in [0.15, 0.2) is 53.9 Å². The van der Waals surface area contributed by atoms with Crippen molar-refractivity contribution in [1.29, 1.82) is 0 Å². The molecular weight excluding hydrogens is 384 g/mol. The number of alkyl halides is 2. The van der Waals surface area contributed by atoms with Gasteiger partial charge in [-0.05, 0) is 36.0 Å². The molecular formula is C19H19F2N5OS. The Balaban J connectivity index is 1.38. The number of pyridine rings is 2. The Morgan fingerprint density at radius 3 is 2.71 bits per heavy atom. The number of carbonyl (C=O) groups is 1. The van der Waals surface area contributed by atoms with Gasteiger partial charge in [-0.1, -0.05) is 6.07 Å². The van der Waals surface area contributed by atoms with Crippen molar-refractivity contribution in [2.45, 2.75) is 17.3 Å². The fourth-order valence-electron chi connectivity index (χ4n) is 3.30. The summed E-state index contributed by atoms with van der Waals surface area (Å²) >= 11 is 0.309. The predicted molar refractivity (Wildman–Crippen MR) is 102 cm³/mol. The van der Waals surface area contributed by atoms with E-state index in [2.05, 4.69) is 14.9 Å². The third-order valence-corrected chi connectivity index (χ3v) is 5.39. The Labute approximate surface area is 165 Å². The molecule has 6 nitrogen and oxygen atoms in total. The number of aromatic nitrogens is 3. The quantitative estimate of drug-likeness (QED) is 0.613. The molecule has 0 spiro atoms. The van der Waals surface area contributed by atoms with Gasteiger partial charge in [-0.25, -0.2) is 9.97 Å². The number of amides is 1. The molecule has 28 heavy (non-hydrogen) atoms. The van der Waals surface area contributed by atoms with Gasteiger partial charge >= 0.3 is 0 Å². The highest BCUT2D eigenvalue weighted by molar-refractivity contribution is 7.99. The molecule has 1 fully saturated rings. The second kappa shape index (κ2) is 8.24. The van der Waals surface area contributed by atoms with Crippen molar-refractivity contribution in [3.05, 3.63) is 60.2 Å². The number of rotatable bonds is 5. The highest BCUT2D eigenvalue weighted by Crippen LogP contribution is 2.27. The van der Waals surface area contributed by atoms with Gasteiger partial charge in [0, 0.05) is 51.3 Å². The molecule has 1 saturated heterocycles. The van der Waals surface area contributed by atoms with Crippen LogP contribution in [0.2, 0.25) is 0 Å². The molecule has 0 saturated carbocycles. The molecule has 0 aromatic carbocycles. The van der Waals surface area contributed by atoms with Crippen LogP contribution >= 0.6 is 11.8 Å². The van der Waals surface area contributed by atoms with Gasteiger partial charge in [-0.2, -0.15) is 8.78 Å². The average molecular weight is 403 g/mol. The summed E-state index contributed by atoms with van der Waals surface area (Å²) in [6.07, 6.45) is 5.40. The van der Waals surface area contributed by atoms with Gasteiger partial charge in [0.1, 0.15) is 10.7 Å². The van der Waals surface area contributed by atoms with E-state index in [0.717, 1.165) is 11.3 Å². The molecule has 0 radical (unpaired) electrons. The van der Waals surface area contributed by atoms with E-state index in [0.29, 0.717) is 44.5 Å². The molecule has 1 aliphatic rings. The summed E-state index contributed by atoms with van der Waals surface area (Å²) in [5, 5.41) is 0.0784. The molecule has 3 aromatic rings. The SMILES string of the molecule is O=C(c1cccnc1SC(F)F)N1CCN(Cc2cn3ccccc3n2)CC1. The number of halogens is 2. The van der Waals surface area contributed by atoms with Crippen molar-refractivity contribution < 1.29 is 13.6 Å². The summed E-state index contributed by atoms with van der Waals surface area (Å²) < 4.78 is 27.4. The maximum Gasteiger partial charge on any atom is 0.290 e. The number of imidazole rings is 1. The van der Waals surface area contributed by atoms with Gasteiger partial charge in [-0.3, -0.25) is 9.69 Å². The first kappa shape index (κ1) is 18.8. The number of thioether (sulfide) groups is 1. The lowest BCUT2D eigenvalue weighted by Gasteiger charge is -2.34. The van der Waals surface area contributed by atoms with Crippen LogP contribution in [0.1, 0.15) is 16.1 Å². The number of nitrogens with zero attached hydrogens (tertiary/aromatic N) is 5. The highest BCUT2D eigenvalue weighted by atomic mass is 32.2. The van der Waals surface area contributed by atoms with Crippen LogP contribution < -0.4 is 0 Å². The summed E-state index contributed by atoms with van der Waals surface area (Å²) in [7, 11) is 0. The Hall–Kier alpha value is -2.52. The Kier molecular flexibility index (Phi) is 5.54.